The first-order valence-electron chi connectivity index (χ1n) is 5.33. The fourth-order valence-electron chi connectivity index (χ4n) is 1.75. The molecule has 1 heterocycles. The van der Waals surface area contributed by atoms with E-state index in [1.54, 1.807) is 0 Å². The zero-order valence-corrected chi connectivity index (χ0v) is 8.71. The molecule has 0 aromatic rings. The third kappa shape index (κ3) is 4.07. The number of nitrogens with one attached hydrogen (secondary N) is 1. The maximum atomic E-state index is 5.48. The zero-order chi connectivity index (χ0) is 9.52. The van der Waals surface area contributed by atoms with Gasteiger partial charge >= 0.3 is 0 Å². The largest absolute Gasteiger partial charge is 0.353 e. The average Bonchev–Trinajstić information content (AvgIpc) is 2.58. The van der Waals surface area contributed by atoms with Crippen molar-refractivity contribution in [1.82, 2.24) is 5.32 Å². The van der Waals surface area contributed by atoms with Crippen molar-refractivity contribution in [3.05, 3.63) is 0 Å². The first-order chi connectivity index (χ1) is 6.36. The lowest BCUT2D eigenvalue weighted by atomic mass is 10.1. The minimum Gasteiger partial charge on any atom is -0.353 e. The molecule has 1 N–H and O–H groups in total. The summed E-state index contributed by atoms with van der Waals surface area (Å²) in [6.07, 6.45) is 3.53. The van der Waals surface area contributed by atoms with Gasteiger partial charge in [0.25, 0.3) is 0 Å². The molecule has 0 saturated carbocycles. The van der Waals surface area contributed by atoms with Crippen LogP contribution in [0.25, 0.3) is 0 Å². The number of ether oxygens (including phenoxy) is 2. The number of rotatable bonds is 6. The lowest BCUT2D eigenvalue weighted by Crippen LogP contribution is -2.29. The second kappa shape index (κ2) is 6.35. The molecule has 1 aliphatic heterocycles. The Balaban J connectivity index is 2.19. The summed E-state index contributed by atoms with van der Waals surface area (Å²) in [6.45, 7) is 6.63. The lowest BCUT2D eigenvalue weighted by molar-refractivity contribution is -0.142. The molecule has 0 radical (unpaired) electrons. The molecule has 0 spiro atoms. The van der Waals surface area contributed by atoms with E-state index in [1.165, 1.54) is 12.8 Å². The molecule has 1 fully saturated rings. The molecule has 1 aliphatic rings. The molecule has 0 aliphatic carbocycles. The van der Waals surface area contributed by atoms with E-state index in [0.29, 0.717) is 6.04 Å². The molecule has 1 saturated heterocycles. The van der Waals surface area contributed by atoms with Gasteiger partial charge in [0.05, 0.1) is 0 Å². The molecule has 13 heavy (non-hydrogen) atoms. The highest BCUT2D eigenvalue weighted by molar-refractivity contribution is 4.75. The van der Waals surface area contributed by atoms with E-state index in [-0.39, 0.29) is 6.29 Å². The molecular formula is C10H21NO2. The first kappa shape index (κ1) is 11.0. The van der Waals surface area contributed by atoms with E-state index >= 15 is 0 Å². The fourth-order valence-corrected chi connectivity index (χ4v) is 1.75. The van der Waals surface area contributed by atoms with Crippen LogP contribution in [-0.4, -0.2) is 32.1 Å². The van der Waals surface area contributed by atoms with Gasteiger partial charge in [-0.05, 0) is 33.2 Å². The van der Waals surface area contributed by atoms with Crippen LogP contribution < -0.4 is 5.32 Å². The minimum atomic E-state index is -0.00870. The Morgan fingerprint density at radius 3 is 2.46 bits per heavy atom. The van der Waals surface area contributed by atoms with Crippen LogP contribution in [-0.2, 0) is 9.47 Å². The maximum Gasteiger partial charge on any atom is 0.159 e. The van der Waals surface area contributed by atoms with Crippen LogP contribution in [0.15, 0.2) is 0 Å². The van der Waals surface area contributed by atoms with Gasteiger partial charge in [-0.3, -0.25) is 0 Å². The van der Waals surface area contributed by atoms with E-state index in [2.05, 4.69) is 5.32 Å². The summed E-state index contributed by atoms with van der Waals surface area (Å²) in [5.74, 6) is 0. The Morgan fingerprint density at radius 1 is 1.31 bits per heavy atom. The summed E-state index contributed by atoms with van der Waals surface area (Å²) in [7, 11) is 0. The molecule has 0 bridgehead atoms. The van der Waals surface area contributed by atoms with Gasteiger partial charge in [0.15, 0.2) is 6.29 Å². The van der Waals surface area contributed by atoms with E-state index in [4.69, 9.17) is 9.47 Å². The standard InChI is InChI=1S/C10H21NO2/c1-3-12-10(13-4-2)8-9-6-5-7-11-9/h9-11H,3-8H2,1-2H3. The molecule has 78 valence electrons. The van der Waals surface area contributed by atoms with Crippen LogP contribution in [0.1, 0.15) is 33.1 Å². The number of hydrogen-bond donors (Lipinski definition) is 1. The van der Waals surface area contributed by atoms with Crippen LogP contribution in [0, 0.1) is 0 Å². The van der Waals surface area contributed by atoms with Gasteiger partial charge in [0.2, 0.25) is 0 Å². The van der Waals surface area contributed by atoms with Crippen LogP contribution in [0.5, 0.6) is 0 Å². The minimum absolute atomic E-state index is 0.00870. The normalized spacial score (nSPS) is 22.8. The van der Waals surface area contributed by atoms with Crippen molar-refractivity contribution in [3.63, 3.8) is 0 Å². The Kier molecular flexibility index (Phi) is 5.35. The summed E-state index contributed by atoms with van der Waals surface area (Å²) < 4.78 is 11.0. The highest BCUT2D eigenvalue weighted by Crippen LogP contribution is 2.13. The second-order valence-electron chi connectivity index (χ2n) is 3.37. The highest BCUT2D eigenvalue weighted by Gasteiger charge is 2.19. The van der Waals surface area contributed by atoms with E-state index in [9.17, 15) is 0 Å². The Labute approximate surface area is 80.8 Å². The van der Waals surface area contributed by atoms with Gasteiger partial charge in [-0.25, -0.2) is 0 Å². The molecule has 0 aromatic carbocycles. The highest BCUT2D eigenvalue weighted by atomic mass is 16.7. The van der Waals surface area contributed by atoms with Crippen LogP contribution >= 0.6 is 0 Å². The summed E-state index contributed by atoms with van der Waals surface area (Å²) in [5, 5.41) is 3.44. The van der Waals surface area contributed by atoms with Crippen molar-refractivity contribution in [3.8, 4) is 0 Å². The second-order valence-corrected chi connectivity index (χ2v) is 3.37. The predicted octanol–water partition coefficient (Wildman–Crippen LogP) is 1.53. The van der Waals surface area contributed by atoms with Crippen LogP contribution in [0.4, 0.5) is 0 Å². The smallest absolute Gasteiger partial charge is 0.159 e. The van der Waals surface area contributed by atoms with Crippen molar-refractivity contribution in [2.45, 2.75) is 45.4 Å². The third-order valence-corrected chi connectivity index (χ3v) is 2.34. The SMILES string of the molecule is CCOC(CC1CCCN1)OCC. The Hall–Kier alpha value is -0.120. The van der Waals surface area contributed by atoms with Crippen molar-refractivity contribution >= 4 is 0 Å². The van der Waals surface area contributed by atoms with E-state index < -0.39 is 0 Å². The number of hydrogen-bond acceptors (Lipinski definition) is 3. The van der Waals surface area contributed by atoms with Crippen molar-refractivity contribution in [2.75, 3.05) is 19.8 Å². The van der Waals surface area contributed by atoms with Gasteiger partial charge < -0.3 is 14.8 Å². The van der Waals surface area contributed by atoms with Crippen molar-refractivity contribution < 1.29 is 9.47 Å². The third-order valence-electron chi connectivity index (χ3n) is 2.34. The molecule has 3 heteroatoms. The first-order valence-corrected chi connectivity index (χ1v) is 5.33. The summed E-state index contributed by atoms with van der Waals surface area (Å²) >= 11 is 0. The average molecular weight is 187 g/mol. The summed E-state index contributed by atoms with van der Waals surface area (Å²) in [5.41, 5.74) is 0. The molecule has 3 nitrogen and oxygen atoms in total. The molecule has 0 aromatic heterocycles. The van der Waals surface area contributed by atoms with Gasteiger partial charge in [0.1, 0.15) is 0 Å². The zero-order valence-electron chi connectivity index (χ0n) is 8.71. The van der Waals surface area contributed by atoms with Crippen LogP contribution in [0.3, 0.4) is 0 Å². The van der Waals surface area contributed by atoms with E-state index in [1.807, 2.05) is 13.8 Å². The van der Waals surface area contributed by atoms with Crippen LogP contribution in [0.2, 0.25) is 0 Å². The van der Waals surface area contributed by atoms with E-state index in [0.717, 1.165) is 26.2 Å². The summed E-state index contributed by atoms with van der Waals surface area (Å²) in [4.78, 5) is 0. The van der Waals surface area contributed by atoms with Crippen molar-refractivity contribution in [1.29, 1.82) is 0 Å². The van der Waals surface area contributed by atoms with Gasteiger partial charge in [-0.1, -0.05) is 0 Å². The summed E-state index contributed by atoms with van der Waals surface area (Å²) in [6, 6.07) is 0.600. The molecule has 1 atom stereocenters. The molecule has 1 unspecified atom stereocenters. The Morgan fingerprint density at radius 2 is 2.00 bits per heavy atom. The topological polar surface area (TPSA) is 30.5 Å². The molecule has 1 rings (SSSR count). The quantitative estimate of drug-likeness (QED) is 0.640. The maximum absolute atomic E-state index is 5.48. The molecular weight excluding hydrogens is 166 g/mol. The van der Waals surface area contributed by atoms with Crippen molar-refractivity contribution in [2.24, 2.45) is 0 Å². The Bertz CT molecular complexity index is 118. The monoisotopic (exact) mass is 187 g/mol. The lowest BCUT2D eigenvalue weighted by Gasteiger charge is -2.20. The fraction of sp³-hybridized carbons (Fsp3) is 1.00. The van der Waals surface area contributed by atoms with Gasteiger partial charge in [0, 0.05) is 25.7 Å². The predicted molar refractivity (Wildman–Crippen MR) is 52.7 cm³/mol. The van der Waals surface area contributed by atoms with Gasteiger partial charge in [-0.15, -0.1) is 0 Å². The van der Waals surface area contributed by atoms with Gasteiger partial charge in [-0.2, -0.15) is 0 Å². The molecule has 0 amide bonds.